The Balaban J connectivity index is 2.19. The summed E-state index contributed by atoms with van der Waals surface area (Å²) < 4.78 is 27.6. The van der Waals surface area contributed by atoms with Crippen molar-refractivity contribution in [2.75, 3.05) is 26.7 Å². The van der Waals surface area contributed by atoms with E-state index < -0.39 is 10.0 Å². The Morgan fingerprint density at radius 3 is 2.89 bits per heavy atom. The van der Waals surface area contributed by atoms with E-state index in [1.807, 2.05) is 14.0 Å². The zero-order chi connectivity index (χ0) is 14.0. The molecule has 4 nitrogen and oxygen atoms in total. The van der Waals surface area contributed by atoms with Crippen molar-refractivity contribution in [2.24, 2.45) is 5.92 Å². The topological polar surface area (TPSA) is 49.4 Å². The largest absolute Gasteiger partial charge is 0.319 e. The van der Waals surface area contributed by atoms with Crippen molar-refractivity contribution in [2.45, 2.75) is 24.0 Å². The molecule has 0 radical (unpaired) electrons. The molecule has 1 aromatic heterocycles. The first-order valence-electron chi connectivity index (χ1n) is 6.36. The zero-order valence-corrected chi connectivity index (χ0v) is 13.5. The molecule has 0 aromatic carbocycles. The highest BCUT2D eigenvalue weighted by atomic mass is 35.5. The van der Waals surface area contributed by atoms with Crippen LogP contribution < -0.4 is 5.32 Å². The molecule has 1 aliphatic heterocycles. The molecule has 2 heterocycles. The van der Waals surface area contributed by atoms with Crippen LogP contribution in [-0.2, 0) is 10.0 Å². The fourth-order valence-electron chi connectivity index (χ4n) is 2.39. The van der Waals surface area contributed by atoms with Crippen LogP contribution >= 0.6 is 22.9 Å². The first-order chi connectivity index (χ1) is 8.95. The summed E-state index contributed by atoms with van der Waals surface area (Å²) in [4.78, 5) is 0. The summed E-state index contributed by atoms with van der Waals surface area (Å²) >= 11 is 7.13. The second kappa shape index (κ2) is 6.10. The van der Waals surface area contributed by atoms with Gasteiger partial charge in [-0.25, -0.2) is 8.42 Å². The lowest BCUT2D eigenvalue weighted by Gasteiger charge is -2.31. The molecule has 2 rings (SSSR count). The number of nitrogens with one attached hydrogen (secondary N) is 1. The maximum Gasteiger partial charge on any atom is 0.252 e. The first kappa shape index (κ1) is 15.3. The number of rotatable bonds is 4. The fourth-order valence-corrected chi connectivity index (χ4v) is 5.80. The quantitative estimate of drug-likeness (QED) is 0.925. The Hall–Kier alpha value is -0.140. The van der Waals surface area contributed by atoms with E-state index in [4.69, 9.17) is 11.6 Å². The average molecular weight is 323 g/mol. The van der Waals surface area contributed by atoms with Gasteiger partial charge in [0.2, 0.25) is 0 Å². The minimum atomic E-state index is -3.38. The van der Waals surface area contributed by atoms with Crippen LogP contribution in [0.5, 0.6) is 0 Å². The lowest BCUT2D eigenvalue weighted by molar-refractivity contribution is 0.264. The molecule has 1 aliphatic rings. The summed E-state index contributed by atoms with van der Waals surface area (Å²) in [5.74, 6) is 0.394. The van der Waals surface area contributed by atoms with Crippen LogP contribution in [0.1, 0.15) is 18.4 Å². The Kier molecular flexibility index (Phi) is 4.89. The van der Waals surface area contributed by atoms with E-state index in [1.54, 1.807) is 10.4 Å². The highest BCUT2D eigenvalue weighted by Crippen LogP contribution is 2.33. The molecular weight excluding hydrogens is 304 g/mol. The summed E-state index contributed by atoms with van der Waals surface area (Å²) in [6, 6.07) is 1.67. The third-order valence-corrected chi connectivity index (χ3v) is 7.27. The SMILES string of the molecule is CNCC1CCCN(S(=O)(=O)c2cc(C)c(Cl)s2)C1. The normalized spacial score (nSPS) is 21.7. The number of piperidine rings is 1. The predicted molar refractivity (Wildman–Crippen MR) is 79.5 cm³/mol. The summed E-state index contributed by atoms with van der Waals surface area (Å²) in [5, 5.41) is 3.12. The van der Waals surface area contributed by atoms with Crippen molar-refractivity contribution in [3.8, 4) is 0 Å². The number of nitrogens with zero attached hydrogens (tertiary/aromatic N) is 1. The lowest BCUT2D eigenvalue weighted by atomic mass is 10.00. The van der Waals surface area contributed by atoms with Gasteiger partial charge in [0.15, 0.2) is 0 Å². The summed E-state index contributed by atoms with van der Waals surface area (Å²) in [5.41, 5.74) is 0.828. The van der Waals surface area contributed by atoms with Gasteiger partial charge in [-0.1, -0.05) is 11.6 Å². The molecule has 1 N–H and O–H groups in total. The van der Waals surface area contributed by atoms with E-state index in [0.717, 1.165) is 36.3 Å². The lowest BCUT2D eigenvalue weighted by Crippen LogP contribution is -2.42. The Morgan fingerprint density at radius 1 is 1.58 bits per heavy atom. The van der Waals surface area contributed by atoms with Gasteiger partial charge in [0.05, 0.1) is 4.34 Å². The zero-order valence-electron chi connectivity index (χ0n) is 11.1. The van der Waals surface area contributed by atoms with Crippen molar-refractivity contribution in [1.29, 1.82) is 0 Å². The number of hydrogen-bond donors (Lipinski definition) is 1. The van der Waals surface area contributed by atoms with E-state index in [-0.39, 0.29) is 0 Å². The Bertz CT molecular complexity index is 520. The minimum absolute atomic E-state index is 0.361. The molecule has 0 saturated carbocycles. The van der Waals surface area contributed by atoms with Gasteiger partial charge >= 0.3 is 0 Å². The molecule has 108 valence electrons. The van der Waals surface area contributed by atoms with E-state index in [0.29, 0.717) is 27.6 Å². The molecule has 1 aromatic rings. The molecule has 0 aliphatic carbocycles. The minimum Gasteiger partial charge on any atom is -0.319 e. The van der Waals surface area contributed by atoms with Gasteiger partial charge in [-0.05, 0) is 50.9 Å². The highest BCUT2D eigenvalue weighted by Gasteiger charge is 2.31. The fraction of sp³-hybridized carbons (Fsp3) is 0.667. The third-order valence-electron chi connectivity index (χ3n) is 3.40. The van der Waals surface area contributed by atoms with Crippen molar-refractivity contribution in [3.63, 3.8) is 0 Å². The van der Waals surface area contributed by atoms with E-state index in [9.17, 15) is 8.42 Å². The molecule has 1 saturated heterocycles. The predicted octanol–water partition coefficient (Wildman–Crippen LogP) is 2.33. The van der Waals surface area contributed by atoms with Gasteiger partial charge in [0.1, 0.15) is 4.21 Å². The first-order valence-corrected chi connectivity index (χ1v) is 8.99. The van der Waals surface area contributed by atoms with E-state index in [1.165, 1.54) is 0 Å². The van der Waals surface area contributed by atoms with Gasteiger partial charge in [-0.3, -0.25) is 0 Å². The number of aryl methyl sites for hydroxylation is 1. The molecule has 1 unspecified atom stereocenters. The monoisotopic (exact) mass is 322 g/mol. The molecule has 0 spiro atoms. The van der Waals surface area contributed by atoms with Crippen molar-refractivity contribution in [1.82, 2.24) is 9.62 Å². The van der Waals surface area contributed by atoms with Crippen molar-refractivity contribution >= 4 is 33.0 Å². The molecule has 0 bridgehead atoms. The van der Waals surface area contributed by atoms with Crippen LogP contribution in [0.25, 0.3) is 0 Å². The number of sulfonamides is 1. The Morgan fingerprint density at radius 2 is 2.32 bits per heavy atom. The third kappa shape index (κ3) is 3.31. The van der Waals surface area contributed by atoms with Crippen LogP contribution in [-0.4, -0.2) is 39.4 Å². The standard InChI is InChI=1S/C12H19ClN2O2S2/c1-9-6-11(18-12(9)13)19(16,17)15-5-3-4-10(8-15)7-14-2/h6,10,14H,3-5,7-8H2,1-2H3. The van der Waals surface area contributed by atoms with E-state index in [2.05, 4.69) is 5.32 Å². The van der Waals surface area contributed by atoms with Crippen LogP contribution in [0.15, 0.2) is 10.3 Å². The van der Waals surface area contributed by atoms with Crippen LogP contribution in [0, 0.1) is 12.8 Å². The second-order valence-corrected chi connectivity index (χ2v) is 8.77. The van der Waals surface area contributed by atoms with Gasteiger partial charge in [-0.15, -0.1) is 11.3 Å². The summed E-state index contributed by atoms with van der Waals surface area (Å²) in [6.07, 6.45) is 2.00. The van der Waals surface area contributed by atoms with Gasteiger partial charge in [0.25, 0.3) is 10.0 Å². The van der Waals surface area contributed by atoms with Crippen LogP contribution in [0.4, 0.5) is 0 Å². The van der Waals surface area contributed by atoms with Crippen molar-refractivity contribution < 1.29 is 8.42 Å². The number of hydrogen-bond acceptors (Lipinski definition) is 4. The average Bonchev–Trinajstić information content (AvgIpc) is 2.71. The maximum atomic E-state index is 12.6. The molecular formula is C12H19ClN2O2S2. The smallest absolute Gasteiger partial charge is 0.252 e. The van der Waals surface area contributed by atoms with Gasteiger partial charge in [-0.2, -0.15) is 4.31 Å². The number of halogens is 1. The second-order valence-electron chi connectivity index (χ2n) is 4.95. The molecule has 1 atom stereocenters. The van der Waals surface area contributed by atoms with Crippen LogP contribution in [0.2, 0.25) is 4.34 Å². The molecule has 0 amide bonds. The summed E-state index contributed by atoms with van der Waals surface area (Å²) in [7, 11) is -1.48. The molecule has 19 heavy (non-hydrogen) atoms. The number of thiophene rings is 1. The highest BCUT2D eigenvalue weighted by molar-refractivity contribution is 7.91. The van der Waals surface area contributed by atoms with Crippen molar-refractivity contribution in [3.05, 3.63) is 16.0 Å². The Labute approximate surface area is 123 Å². The van der Waals surface area contributed by atoms with Crippen LogP contribution in [0.3, 0.4) is 0 Å². The van der Waals surface area contributed by atoms with E-state index >= 15 is 0 Å². The summed E-state index contributed by atoms with van der Waals surface area (Å²) in [6.45, 7) is 3.89. The van der Waals surface area contributed by atoms with Gasteiger partial charge < -0.3 is 5.32 Å². The van der Waals surface area contributed by atoms with Gasteiger partial charge in [0, 0.05) is 13.1 Å². The molecule has 1 fully saturated rings. The molecule has 7 heteroatoms. The maximum absolute atomic E-state index is 12.6.